The van der Waals surface area contributed by atoms with Crippen molar-refractivity contribution in [3.63, 3.8) is 0 Å². The SMILES string of the molecule is CCCOCCCNS(=O)(=O)C(C)CO. The van der Waals surface area contributed by atoms with Gasteiger partial charge in [0.2, 0.25) is 10.0 Å². The molecular weight excluding hydrogens is 218 g/mol. The van der Waals surface area contributed by atoms with Crippen LogP contribution >= 0.6 is 0 Å². The summed E-state index contributed by atoms with van der Waals surface area (Å²) in [5.74, 6) is 0. The van der Waals surface area contributed by atoms with Gasteiger partial charge in [0.1, 0.15) is 0 Å². The summed E-state index contributed by atoms with van der Waals surface area (Å²) >= 11 is 0. The Bertz CT molecular complexity index is 240. The van der Waals surface area contributed by atoms with Gasteiger partial charge in [0, 0.05) is 19.8 Å². The Hall–Kier alpha value is -0.170. The lowest BCUT2D eigenvalue weighted by Gasteiger charge is -2.11. The summed E-state index contributed by atoms with van der Waals surface area (Å²) in [5.41, 5.74) is 0. The van der Waals surface area contributed by atoms with E-state index in [4.69, 9.17) is 9.84 Å². The van der Waals surface area contributed by atoms with Gasteiger partial charge in [-0.2, -0.15) is 0 Å². The zero-order valence-corrected chi connectivity index (χ0v) is 10.2. The molecule has 5 nitrogen and oxygen atoms in total. The lowest BCUT2D eigenvalue weighted by Crippen LogP contribution is -2.35. The minimum Gasteiger partial charge on any atom is -0.395 e. The number of aliphatic hydroxyl groups is 1. The van der Waals surface area contributed by atoms with Crippen LogP contribution in [0.4, 0.5) is 0 Å². The lowest BCUT2D eigenvalue weighted by atomic mass is 10.4. The molecule has 6 heteroatoms. The van der Waals surface area contributed by atoms with Crippen molar-refractivity contribution in [2.24, 2.45) is 0 Å². The molecular formula is C9H21NO4S. The van der Waals surface area contributed by atoms with Crippen molar-refractivity contribution in [2.45, 2.75) is 31.9 Å². The van der Waals surface area contributed by atoms with E-state index in [0.717, 1.165) is 6.42 Å². The second kappa shape index (κ2) is 8.04. The molecule has 0 radical (unpaired) electrons. The summed E-state index contributed by atoms with van der Waals surface area (Å²) in [6.45, 7) is 4.75. The molecule has 0 saturated carbocycles. The molecule has 0 fully saturated rings. The summed E-state index contributed by atoms with van der Waals surface area (Å²) in [4.78, 5) is 0. The zero-order valence-electron chi connectivity index (χ0n) is 9.40. The van der Waals surface area contributed by atoms with E-state index in [2.05, 4.69) is 4.72 Å². The van der Waals surface area contributed by atoms with Crippen LogP contribution in [0.1, 0.15) is 26.7 Å². The Morgan fingerprint density at radius 3 is 2.60 bits per heavy atom. The average Bonchev–Trinajstić information content (AvgIpc) is 2.22. The van der Waals surface area contributed by atoms with Crippen LogP contribution in [0.5, 0.6) is 0 Å². The van der Waals surface area contributed by atoms with Crippen LogP contribution in [0.15, 0.2) is 0 Å². The molecule has 0 bridgehead atoms. The fourth-order valence-electron chi connectivity index (χ4n) is 0.875. The average molecular weight is 239 g/mol. The summed E-state index contributed by atoms with van der Waals surface area (Å²) in [6, 6.07) is 0. The first kappa shape index (κ1) is 14.8. The molecule has 0 aromatic carbocycles. The molecule has 0 amide bonds. The van der Waals surface area contributed by atoms with Crippen molar-refractivity contribution >= 4 is 10.0 Å². The van der Waals surface area contributed by atoms with Crippen molar-refractivity contribution in [2.75, 3.05) is 26.4 Å². The van der Waals surface area contributed by atoms with Gasteiger partial charge < -0.3 is 9.84 Å². The zero-order chi connectivity index (χ0) is 11.7. The van der Waals surface area contributed by atoms with Gasteiger partial charge in [-0.15, -0.1) is 0 Å². The first-order chi connectivity index (χ1) is 7.04. The van der Waals surface area contributed by atoms with Gasteiger partial charge in [-0.1, -0.05) is 6.92 Å². The van der Waals surface area contributed by atoms with Gasteiger partial charge in [-0.3, -0.25) is 0 Å². The van der Waals surface area contributed by atoms with Crippen molar-refractivity contribution in [3.8, 4) is 0 Å². The number of nitrogens with one attached hydrogen (secondary N) is 1. The van der Waals surface area contributed by atoms with E-state index in [9.17, 15) is 8.42 Å². The minimum absolute atomic E-state index is 0.358. The maximum Gasteiger partial charge on any atom is 0.216 e. The van der Waals surface area contributed by atoms with Crippen LogP contribution in [0.3, 0.4) is 0 Å². The van der Waals surface area contributed by atoms with E-state index in [1.54, 1.807) is 0 Å². The van der Waals surface area contributed by atoms with Gasteiger partial charge in [-0.25, -0.2) is 13.1 Å². The van der Waals surface area contributed by atoms with Crippen LogP contribution < -0.4 is 4.72 Å². The lowest BCUT2D eigenvalue weighted by molar-refractivity contribution is 0.133. The van der Waals surface area contributed by atoms with Crippen LogP contribution in [-0.2, 0) is 14.8 Å². The van der Waals surface area contributed by atoms with Gasteiger partial charge in [0.05, 0.1) is 11.9 Å². The Balaban J connectivity index is 3.58. The Kier molecular flexibility index (Phi) is 7.95. The summed E-state index contributed by atoms with van der Waals surface area (Å²) in [5, 5.41) is 7.94. The molecule has 1 atom stereocenters. The van der Waals surface area contributed by atoms with Gasteiger partial charge in [0.15, 0.2) is 0 Å². The molecule has 0 aliphatic rings. The second-order valence-corrected chi connectivity index (χ2v) is 5.58. The molecule has 0 aliphatic heterocycles. The molecule has 15 heavy (non-hydrogen) atoms. The summed E-state index contributed by atoms with van der Waals surface area (Å²) in [7, 11) is -3.36. The quantitative estimate of drug-likeness (QED) is 0.560. The van der Waals surface area contributed by atoms with E-state index in [-0.39, 0.29) is 6.61 Å². The maximum atomic E-state index is 11.3. The van der Waals surface area contributed by atoms with Crippen molar-refractivity contribution in [3.05, 3.63) is 0 Å². The minimum atomic E-state index is -3.36. The monoisotopic (exact) mass is 239 g/mol. The van der Waals surface area contributed by atoms with Crippen molar-refractivity contribution in [1.82, 2.24) is 4.72 Å². The van der Waals surface area contributed by atoms with Crippen LogP contribution in [0, 0.1) is 0 Å². The smallest absolute Gasteiger partial charge is 0.216 e. The largest absolute Gasteiger partial charge is 0.395 e. The molecule has 0 saturated heterocycles. The standard InChI is InChI=1S/C9H21NO4S/c1-3-6-14-7-4-5-10-15(12,13)9(2)8-11/h9-11H,3-8H2,1-2H3. The van der Waals surface area contributed by atoms with E-state index < -0.39 is 15.3 Å². The van der Waals surface area contributed by atoms with Gasteiger partial charge in [0.25, 0.3) is 0 Å². The van der Waals surface area contributed by atoms with Crippen LogP contribution in [0.25, 0.3) is 0 Å². The van der Waals surface area contributed by atoms with Crippen molar-refractivity contribution in [1.29, 1.82) is 0 Å². The number of hydrogen-bond acceptors (Lipinski definition) is 4. The normalized spacial score (nSPS) is 14.1. The topological polar surface area (TPSA) is 75.6 Å². The third-order valence-corrected chi connectivity index (χ3v) is 3.72. The molecule has 0 spiro atoms. The van der Waals surface area contributed by atoms with Gasteiger partial charge >= 0.3 is 0 Å². The first-order valence-electron chi connectivity index (χ1n) is 5.21. The number of rotatable bonds is 9. The molecule has 0 aromatic rings. The van der Waals surface area contributed by atoms with Crippen molar-refractivity contribution < 1.29 is 18.3 Å². The van der Waals surface area contributed by atoms with E-state index in [1.165, 1.54) is 6.92 Å². The number of sulfonamides is 1. The third kappa shape index (κ3) is 6.83. The molecule has 0 heterocycles. The maximum absolute atomic E-state index is 11.3. The van der Waals surface area contributed by atoms with Gasteiger partial charge in [-0.05, 0) is 19.8 Å². The first-order valence-corrected chi connectivity index (χ1v) is 6.76. The summed E-state index contributed by atoms with van der Waals surface area (Å²) < 4.78 is 30.3. The highest BCUT2D eigenvalue weighted by molar-refractivity contribution is 7.90. The highest BCUT2D eigenvalue weighted by atomic mass is 32.2. The molecule has 0 rings (SSSR count). The third-order valence-electron chi connectivity index (χ3n) is 1.90. The fourth-order valence-corrected chi connectivity index (χ4v) is 1.79. The molecule has 0 aliphatic carbocycles. The number of hydrogen-bond donors (Lipinski definition) is 2. The molecule has 92 valence electrons. The Morgan fingerprint density at radius 2 is 2.07 bits per heavy atom. The van der Waals surface area contributed by atoms with Crippen LogP contribution in [0.2, 0.25) is 0 Å². The number of ether oxygens (including phenoxy) is 1. The highest BCUT2D eigenvalue weighted by Crippen LogP contribution is 1.96. The molecule has 2 N–H and O–H groups in total. The Morgan fingerprint density at radius 1 is 1.40 bits per heavy atom. The number of aliphatic hydroxyl groups excluding tert-OH is 1. The highest BCUT2D eigenvalue weighted by Gasteiger charge is 2.18. The summed E-state index contributed by atoms with van der Waals surface area (Å²) in [6.07, 6.45) is 1.62. The molecule has 1 unspecified atom stereocenters. The predicted octanol–water partition coefficient (Wildman–Crippen LogP) is 0.103. The van der Waals surface area contributed by atoms with E-state index in [1.807, 2.05) is 6.92 Å². The fraction of sp³-hybridized carbons (Fsp3) is 1.00. The van der Waals surface area contributed by atoms with E-state index in [0.29, 0.717) is 26.2 Å². The molecule has 0 aromatic heterocycles. The Labute approximate surface area is 91.9 Å². The predicted molar refractivity (Wildman–Crippen MR) is 59.2 cm³/mol. The van der Waals surface area contributed by atoms with E-state index >= 15 is 0 Å². The second-order valence-electron chi connectivity index (χ2n) is 3.40. The van der Waals surface area contributed by atoms with Crippen LogP contribution in [-0.4, -0.2) is 45.1 Å².